The molecule has 1 aromatic carbocycles. The average Bonchev–Trinajstić information content (AvgIpc) is 2.67. The summed E-state index contributed by atoms with van der Waals surface area (Å²) in [6.45, 7) is 2.94. The van der Waals surface area contributed by atoms with Crippen molar-refractivity contribution in [2.45, 2.75) is 13.0 Å². The first-order chi connectivity index (χ1) is 14.0. The number of rotatable bonds is 5. The molecule has 1 amide bonds. The summed E-state index contributed by atoms with van der Waals surface area (Å²) < 4.78 is 19.1. The summed E-state index contributed by atoms with van der Waals surface area (Å²) in [5.41, 5.74) is 1.19. The number of hydrogen-bond acceptors (Lipinski definition) is 6. The number of ether oxygens (including phenoxy) is 1. The van der Waals surface area contributed by atoms with Crippen LogP contribution in [-0.4, -0.2) is 40.1 Å². The zero-order valence-electron chi connectivity index (χ0n) is 15.5. The van der Waals surface area contributed by atoms with Gasteiger partial charge in [0.15, 0.2) is 11.5 Å². The number of amides is 1. The SMILES string of the molecule is Cc1ccnc(NC(=O)c2nccnc2N2CC(Oc3ccc(F)c(Cl)c3)C2)c1. The molecule has 148 valence electrons. The van der Waals surface area contributed by atoms with Crippen LogP contribution in [0.25, 0.3) is 0 Å². The minimum absolute atomic E-state index is 0.0105. The molecule has 0 radical (unpaired) electrons. The van der Waals surface area contributed by atoms with Crippen LogP contribution >= 0.6 is 11.6 Å². The first-order valence-corrected chi connectivity index (χ1v) is 9.29. The van der Waals surface area contributed by atoms with Gasteiger partial charge in [0.05, 0.1) is 18.1 Å². The topological polar surface area (TPSA) is 80.2 Å². The van der Waals surface area contributed by atoms with Gasteiger partial charge in [-0.25, -0.2) is 19.3 Å². The van der Waals surface area contributed by atoms with Crippen LogP contribution in [0.5, 0.6) is 5.75 Å². The fourth-order valence-corrected chi connectivity index (χ4v) is 3.10. The molecule has 29 heavy (non-hydrogen) atoms. The lowest BCUT2D eigenvalue weighted by molar-refractivity contribution is 0.102. The first kappa shape index (κ1) is 19.1. The summed E-state index contributed by atoms with van der Waals surface area (Å²) in [7, 11) is 0. The van der Waals surface area contributed by atoms with Crippen molar-refractivity contribution in [3.8, 4) is 5.75 Å². The van der Waals surface area contributed by atoms with Gasteiger partial charge in [-0.05, 0) is 36.8 Å². The zero-order valence-corrected chi connectivity index (χ0v) is 16.2. The minimum atomic E-state index is -0.493. The third-order valence-electron chi connectivity index (χ3n) is 4.39. The molecule has 0 atom stereocenters. The van der Waals surface area contributed by atoms with Crippen LogP contribution in [0.1, 0.15) is 16.1 Å². The van der Waals surface area contributed by atoms with E-state index >= 15 is 0 Å². The van der Waals surface area contributed by atoms with Crippen molar-refractivity contribution in [3.63, 3.8) is 0 Å². The van der Waals surface area contributed by atoms with Gasteiger partial charge in [0.2, 0.25) is 0 Å². The van der Waals surface area contributed by atoms with Crippen LogP contribution in [0, 0.1) is 12.7 Å². The lowest BCUT2D eigenvalue weighted by atomic mass is 10.1. The number of aryl methyl sites for hydroxylation is 1. The molecule has 0 aliphatic carbocycles. The molecule has 1 aliphatic heterocycles. The number of nitrogens with one attached hydrogen (secondary N) is 1. The number of hydrogen-bond donors (Lipinski definition) is 1. The number of halogens is 2. The molecule has 1 aliphatic rings. The fraction of sp³-hybridized carbons (Fsp3) is 0.200. The quantitative estimate of drug-likeness (QED) is 0.689. The maximum atomic E-state index is 13.3. The number of nitrogens with zero attached hydrogens (tertiary/aromatic N) is 4. The highest BCUT2D eigenvalue weighted by Gasteiger charge is 2.33. The Labute approximate surface area is 171 Å². The standard InChI is InChI=1S/C20H17ClFN5O2/c1-12-4-5-23-17(8-12)26-20(28)18-19(25-7-6-24-18)27-10-14(11-27)29-13-2-3-16(22)15(21)9-13/h2-9,14H,10-11H2,1H3,(H,23,26,28). The number of carbonyl (C=O) groups excluding carboxylic acids is 1. The Balaban J connectivity index is 1.42. The molecule has 3 heterocycles. The molecule has 0 saturated carbocycles. The number of anilines is 2. The minimum Gasteiger partial charge on any atom is -0.487 e. The number of benzene rings is 1. The number of pyridine rings is 1. The van der Waals surface area contributed by atoms with E-state index in [1.54, 1.807) is 12.3 Å². The highest BCUT2D eigenvalue weighted by atomic mass is 35.5. The van der Waals surface area contributed by atoms with E-state index in [9.17, 15) is 9.18 Å². The molecule has 0 spiro atoms. The van der Waals surface area contributed by atoms with Crippen molar-refractivity contribution in [3.05, 3.63) is 71.0 Å². The van der Waals surface area contributed by atoms with Crippen LogP contribution < -0.4 is 15.0 Å². The van der Waals surface area contributed by atoms with Crippen molar-refractivity contribution >= 4 is 29.1 Å². The molecular formula is C20H17ClFN5O2. The Morgan fingerprint density at radius 3 is 2.72 bits per heavy atom. The Hall–Kier alpha value is -3.26. The summed E-state index contributed by atoms with van der Waals surface area (Å²) in [5.74, 6) is 0.524. The van der Waals surface area contributed by atoms with E-state index in [0.29, 0.717) is 30.5 Å². The maximum absolute atomic E-state index is 13.3. The molecule has 0 unspecified atom stereocenters. The first-order valence-electron chi connectivity index (χ1n) is 8.91. The van der Waals surface area contributed by atoms with Crippen molar-refractivity contribution in [1.82, 2.24) is 15.0 Å². The smallest absolute Gasteiger partial charge is 0.279 e. The Morgan fingerprint density at radius 1 is 1.17 bits per heavy atom. The van der Waals surface area contributed by atoms with Crippen molar-refractivity contribution in [2.75, 3.05) is 23.3 Å². The van der Waals surface area contributed by atoms with E-state index in [4.69, 9.17) is 16.3 Å². The van der Waals surface area contributed by atoms with Crippen molar-refractivity contribution < 1.29 is 13.9 Å². The molecule has 3 aromatic rings. The molecule has 1 saturated heterocycles. The predicted molar refractivity (Wildman–Crippen MR) is 107 cm³/mol. The molecule has 7 nitrogen and oxygen atoms in total. The van der Waals surface area contributed by atoms with E-state index in [0.717, 1.165) is 5.56 Å². The zero-order chi connectivity index (χ0) is 20.4. The summed E-state index contributed by atoms with van der Waals surface area (Å²) in [5, 5.41) is 2.75. The molecule has 9 heteroatoms. The van der Waals surface area contributed by atoms with Crippen LogP contribution in [0.4, 0.5) is 16.0 Å². The van der Waals surface area contributed by atoms with Crippen molar-refractivity contribution in [2.24, 2.45) is 0 Å². The van der Waals surface area contributed by atoms with Gasteiger partial charge >= 0.3 is 0 Å². The van der Waals surface area contributed by atoms with Crippen LogP contribution in [0.15, 0.2) is 48.9 Å². The summed E-state index contributed by atoms with van der Waals surface area (Å²) in [6.07, 6.45) is 4.50. The maximum Gasteiger partial charge on any atom is 0.279 e. The summed E-state index contributed by atoms with van der Waals surface area (Å²) in [4.78, 5) is 27.2. The van der Waals surface area contributed by atoms with Crippen LogP contribution in [0.2, 0.25) is 5.02 Å². The molecule has 1 fully saturated rings. The highest BCUT2D eigenvalue weighted by Crippen LogP contribution is 2.27. The number of carbonyl (C=O) groups is 1. The monoisotopic (exact) mass is 413 g/mol. The fourth-order valence-electron chi connectivity index (χ4n) is 2.93. The normalized spacial score (nSPS) is 13.7. The van der Waals surface area contributed by atoms with Crippen molar-refractivity contribution in [1.29, 1.82) is 0 Å². The predicted octanol–water partition coefficient (Wildman–Crippen LogP) is 3.49. The van der Waals surface area contributed by atoms with Crippen LogP contribution in [-0.2, 0) is 0 Å². The molecule has 4 rings (SSSR count). The second-order valence-electron chi connectivity index (χ2n) is 6.62. The van der Waals surface area contributed by atoms with Gasteiger partial charge in [-0.3, -0.25) is 4.79 Å². The second kappa shape index (κ2) is 8.00. The van der Waals surface area contributed by atoms with Gasteiger partial charge < -0.3 is 15.0 Å². The van der Waals surface area contributed by atoms with Gasteiger partial charge in [-0.2, -0.15) is 0 Å². The third-order valence-corrected chi connectivity index (χ3v) is 4.68. The van der Waals surface area contributed by atoms with Gasteiger partial charge in [0.1, 0.15) is 23.5 Å². The second-order valence-corrected chi connectivity index (χ2v) is 7.03. The van der Waals surface area contributed by atoms with Gasteiger partial charge in [0, 0.05) is 24.7 Å². The Morgan fingerprint density at radius 2 is 1.97 bits per heavy atom. The Bertz CT molecular complexity index is 1060. The van der Waals surface area contributed by atoms with Gasteiger partial charge in [-0.1, -0.05) is 11.6 Å². The van der Waals surface area contributed by atoms with E-state index in [2.05, 4.69) is 20.3 Å². The molecule has 2 aromatic heterocycles. The summed E-state index contributed by atoms with van der Waals surface area (Å²) >= 11 is 5.78. The largest absolute Gasteiger partial charge is 0.487 e. The lowest BCUT2D eigenvalue weighted by Gasteiger charge is -2.40. The number of aromatic nitrogens is 3. The van der Waals surface area contributed by atoms with Gasteiger partial charge in [0.25, 0.3) is 5.91 Å². The highest BCUT2D eigenvalue weighted by molar-refractivity contribution is 6.30. The summed E-state index contributed by atoms with van der Waals surface area (Å²) in [6, 6.07) is 7.85. The molecule has 1 N–H and O–H groups in total. The van der Waals surface area contributed by atoms with E-state index in [1.807, 2.05) is 17.9 Å². The Kier molecular flexibility index (Phi) is 5.26. The third kappa shape index (κ3) is 4.27. The lowest BCUT2D eigenvalue weighted by Crippen LogP contribution is -2.54. The van der Waals surface area contributed by atoms with E-state index in [-0.39, 0.29) is 22.7 Å². The van der Waals surface area contributed by atoms with Gasteiger partial charge in [-0.15, -0.1) is 0 Å². The van der Waals surface area contributed by atoms with E-state index in [1.165, 1.54) is 30.6 Å². The van der Waals surface area contributed by atoms with Crippen LogP contribution in [0.3, 0.4) is 0 Å². The molecule has 0 bridgehead atoms. The molecular weight excluding hydrogens is 397 g/mol. The average molecular weight is 414 g/mol. The van der Waals surface area contributed by atoms with E-state index < -0.39 is 5.82 Å².